The highest BCUT2D eigenvalue weighted by Crippen LogP contribution is 2.41. The van der Waals surface area contributed by atoms with Crippen LogP contribution < -0.4 is 67.0 Å². The van der Waals surface area contributed by atoms with Gasteiger partial charge >= 0.3 is 6.61 Å². The number of nitrogens with zero attached hydrogens (tertiary/aromatic N) is 10. The Bertz CT molecular complexity index is 4890. The highest BCUT2D eigenvalue weighted by molar-refractivity contribution is 6.40. The van der Waals surface area contributed by atoms with Gasteiger partial charge in [0.05, 0.1) is 80.6 Å². The van der Waals surface area contributed by atoms with Crippen LogP contribution in [0.15, 0.2) is 201 Å². The number of halogens is 4. The minimum absolute atomic E-state index is 0.0611. The molecule has 5 aromatic heterocycles. The number of hydrogen-bond donors (Lipinski definition) is 0. The Balaban J connectivity index is 0.000000150. The van der Waals surface area contributed by atoms with Crippen molar-refractivity contribution in [1.82, 2.24) is 29.8 Å². The van der Waals surface area contributed by atoms with E-state index in [0.717, 1.165) is 105 Å². The lowest BCUT2D eigenvalue weighted by Gasteiger charge is -2.22. The zero-order chi connectivity index (χ0) is 87.2. The Morgan fingerprint density at radius 1 is 0.374 bits per heavy atom. The molecule has 123 heavy (non-hydrogen) atoms. The van der Waals surface area contributed by atoms with Crippen LogP contribution in [0.5, 0.6) is 57.5 Å². The zero-order valence-electron chi connectivity index (χ0n) is 71.1. The van der Waals surface area contributed by atoms with Crippen molar-refractivity contribution in [1.29, 1.82) is 0 Å². The van der Waals surface area contributed by atoms with Crippen LogP contribution >= 0.6 is 23.2 Å². The van der Waals surface area contributed by atoms with Crippen molar-refractivity contribution in [2.75, 3.05) is 89.9 Å². The molecule has 5 saturated carbocycles. The van der Waals surface area contributed by atoms with E-state index in [2.05, 4.69) is 53.7 Å². The first-order chi connectivity index (χ1) is 59.7. The summed E-state index contributed by atoms with van der Waals surface area (Å²) in [4.78, 5) is 78.9. The third-order valence-corrected chi connectivity index (χ3v) is 22.2. The SMILES string of the molecule is CN(Cc1ccncc1)C(=O)c1ccc(OC(F)F)c(OCC2CC2)c1.COc1ccc(CN(C)c2ccncc2)cc1OC1CCCC1.COc1ccc(N(C)C(=O)c2c(Cl)cncc2Cl)cc1OC1CCCC1.COc1ccc(N(C)C(=O)c2cccnc2)cc1OC1CCCC1.COc1ccc(N(C)C(=O)c2ccncc2)cc1OC1CCCC1. The lowest BCUT2D eigenvalue weighted by molar-refractivity contribution is -0.0515. The van der Waals surface area contributed by atoms with Gasteiger partial charge in [0.2, 0.25) is 0 Å². The number of amides is 4. The first-order valence-corrected chi connectivity index (χ1v) is 42.2. The number of aromatic nitrogens is 5. The Morgan fingerprint density at radius 2 is 0.789 bits per heavy atom. The molecule has 4 amide bonds. The molecule has 5 fully saturated rings. The fourth-order valence-corrected chi connectivity index (χ4v) is 15.0. The molecule has 28 heteroatoms. The topological polar surface area (TPSA) is 241 Å². The number of benzene rings is 5. The van der Waals surface area contributed by atoms with Gasteiger partial charge < -0.3 is 71.9 Å². The highest BCUT2D eigenvalue weighted by Gasteiger charge is 2.29. The van der Waals surface area contributed by atoms with Gasteiger partial charge in [-0.1, -0.05) is 29.3 Å². The predicted molar refractivity (Wildman–Crippen MR) is 472 cm³/mol. The molecule has 650 valence electrons. The number of anilines is 4. The Hall–Kier alpha value is -12.0. The van der Waals surface area contributed by atoms with Crippen molar-refractivity contribution >= 4 is 69.6 Å². The van der Waals surface area contributed by atoms with Crippen LogP contribution in [0, 0.1) is 5.92 Å². The van der Waals surface area contributed by atoms with Crippen LogP contribution in [0.25, 0.3) is 0 Å². The number of pyridine rings is 5. The summed E-state index contributed by atoms with van der Waals surface area (Å²) in [5.41, 5.74) is 7.21. The van der Waals surface area contributed by atoms with Gasteiger partial charge in [0.25, 0.3) is 23.6 Å². The smallest absolute Gasteiger partial charge is 0.387 e. The summed E-state index contributed by atoms with van der Waals surface area (Å²) in [5, 5.41) is 0.426. The zero-order valence-corrected chi connectivity index (χ0v) is 72.6. The number of alkyl halides is 2. The molecule has 0 spiro atoms. The molecule has 0 saturated heterocycles. The van der Waals surface area contributed by atoms with Gasteiger partial charge in [-0.25, -0.2) is 0 Å². The summed E-state index contributed by atoms with van der Waals surface area (Å²) in [7, 11) is 15.5. The van der Waals surface area contributed by atoms with E-state index in [1.165, 1.54) is 92.4 Å². The number of rotatable bonds is 29. The molecule has 10 aromatic rings. The third-order valence-electron chi connectivity index (χ3n) is 21.6. The molecule has 5 heterocycles. The van der Waals surface area contributed by atoms with Gasteiger partial charge in [0.1, 0.15) is 0 Å². The van der Waals surface area contributed by atoms with Crippen LogP contribution in [0.1, 0.15) is 168 Å². The number of methoxy groups -OCH3 is 4. The van der Waals surface area contributed by atoms with Gasteiger partial charge in [0, 0.05) is 162 Å². The average Bonchev–Trinajstić information content (AvgIpc) is 1.47. The van der Waals surface area contributed by atoms with Crippen molar-refractivity contribution in [3.8, 4) is 57.5 Å². The Kier molecular flexibility index (Phi) is 34.5. The van der Waals surface area contributed by atoms with E-state index in [9.17, 15) is 28.0 Å². The largest absolute Gasteiger partial charge is 0.493 e. The normalized spacial score (nSPS) is 14.3. The van der Waals surface area contributed by atoms with Gasteiger partial charge in [-0.05, 0) is 248 Å². The summed E-state index contributed by atoms with van der Waals surface area (Å²) < 4.78 is 81.4. The fraction of sp³-hybridized carbons (Fsp3) is 0.379. The van der Waals surface area contributed by atoms with Gasteiger partial charge in [-0.2, -0.15) is 8.78 Å². The second-order valence-corrected chi connectivity index (χ2v) is 31.3. The molecule has 5 aliphatic carbocycles. The first kappa shape index (κ1) is 91.7. The predicted octanol–water partition coefficient (Wildman–Crippen LogP) is 20.2. The fourth-order valence-electron chi connectivity index (χ4n) is 14.5. The molecule has 0 N–H and O–H groups in total. The summed E-state index contributed by atoms with van der Waals surface area (Å²) in [5.74, 6) is 5.50. The van der Waals surface area contributed by atoms with Crippen LogP contribution in [-0.4, -0.2) is 155 Å². The van der Waals surface area contributed by atoms with E-state index in [0.29, 0.717) is 82.0 Å². The highest BCUT2D eigenvalue weighted by atomic mass is 35.5. The van der Waals surface area contributed by atoms with Crippen LogP contribution in [0.3, 0.4) is 0 Å². The van der Waals surface area contributed by atoms with Crippen LogP contribution in [0.4, 0.5) is 31.5 Å². The molecular weight excluding hydrogens is 1610 g/mol. The maximum atomic E-state index is 12.9. The number of hydrogen-bond acceptors (Lipinski definition) is 20. The molecule has 0 aliphatic heterocycles. The van der Waals surface area contributed by atoms with E-state index in [4.69, 9.17) is 65.8 Å². The molecule has 0 atom stereocenters. The molecule has 0 unspecified atom stereocenters. The maximum Gasteiger partial charge on any atom is 0.387 e. The molecule has 0 bridgehead atoms. The monoisotopic (exact) mass is 1720 g/mol. The van der Waals surface area contributed by atoms with Gasteiger partial charge in [-0.3, -0.25) is 44.1 Å². The summed E-state index contributed by atoms with van der Waals surface area (Å²) in [6, 6.07) is 41.6. The summed E-state index contributed by atoms with van der Waals surface area (Å²) >= 11 is 12.2. The van der Waals surface area contributed by atoms with E-state index in [-0.39, 0.29) is 69.0 Å². The summed E-state index contributed by atoms with van der Waals surface area (Å²) in [6.45, 7) is -1.29. The number of ether oxygens (including phenoxy) is 10. The molecule has 0 radical (unpaired) electrons. The summed E-state index contributed by atoms with van der Waals surface area (Å²) in [6.07, 6.45) is 37.6. The van der Waals surface area contributed by atoms with Crippen molar-refractivity contribution in [3.05, 3.63) is 245 Å². The van der Waals surface area contributed by atoms with E-state index in [1.54, 1.807) is 151 Å². The second-order valence-electron chi connectivity index (χ2n) is 30.5. The molecule has 24 nitrogen and oxygen atoms in total. The lowest BCUT2D eigenvalue weighted by atomic mass is 10.1. The van der Waals surface area contributed by atoms with Crippen molar-refractivity contribution in [2.45, 2.75) is 160 Å². The number of carbonyl (C=O) groups excluding carboxylic acids is 4. The molecular formula is C95H108Cl2F2N10O14. The molecule has 15 rings (SSSR count). The standard InChI is InChI=1S/C19H20Cl2N2O3.C19H20F2N2O3.2C19H22N2O3.C19H24N2O2/c1-23(19(24)18-14(20)10-22-11-15(18)21)12-7-8-16(25-2)17(9-12)26-13-5-3-4-6-13;1-23(11-13-6-8-22-9-7-13)18(24)15-4-5-16(26-19(20)21)17(10-15)25-12-14-2-3-14;1-21(19(22)14-6-5-11-20-13-14)15-9-10-17(23-2)18(12-15)24-16-7-3-4-8-16;1-21(19(22)14-9-11-20-12-10-14)15-7-8-17(23-2)18(13-15)24-16-5-3-4-6-16;1-21(16-9-11-20-12-10-16)14-15-7-8-18(22-2)19(13-15)23-17-5-3-4-6-17/h7-11,13H,3-6H2,1-2H3;4-10,14,19H,2-3,11-12H2,1H3;5-6,9-13,16H,3-4,7-8H2,1-2H3;7-13,16H,3-6H2,1-2H3;7-13,17H,3-6,14H2,1-2H3. The van der Waals surface area contributed by atoms with Crippen molar-refractivity contribution in [2.24, 2.45) is 5.92 Å². The van der Waals surface area contributed by atoms with E-state index < -0.39 is 6.61 Å². The maximum absolute atomic E-state index is 12.9. The average molecular weight is 1720 g/mol. The van der Waals surface area contributed by atoms with E-state index >= 15 is 0 Å². The minimum atomic E-state index is -2.95. The molecule has 5 aliphatic rings. The number of carbonyl (C=O) groups is 4. The van der Waals surface area contributed by atoms with Crippen molar-refractivity contribution in [3.63, 3.8) is 0 Å². The van der Waals surface area contributed by atoms with Crippen LogP contribution in [-0.2, 0) is 13.1 Å². The molecule has 5 aromatic carbocycles. The van der Waals surface area contributed by atoms with E-state index in [1.807, 2.05) is 79.1 Å². The first-order valence-electron chi connectivity index (χ1n) is 41.5. The van der Waals surface area contributed by atoms with Gasteiger partial charge in [0.15, 0.2) is 57.5 Å². The minimum Gasteiger partial charge on any atom is -0.493 e. The Morgan fingerprint density at radius 3 is 1.22 bits per heavy atom. The van der Waals surface area contributed by atoms with Crippen LogP contribution in [0.2, 0.25) is 10.0 Å². The van der Waals surface area contributed by atoms with Gasteiger partial charge in [-0.15, -0.1) is 0 Å². The van der Waals surface area contributed by atoms with Crippen molar-refractivity contribution < 1.29 is 75.3 Å². The quantitative estimate of drug-likeness (QED) is 0.0423. The second kappa shape index (κ2) is 46.3. The Labute approximate surface area is 728 Å². The third kappa shape index (κ3) is 26.7. The lowest BCUT2D eigenvalue weighted by Crippen LogP contribution is -2.27.